The zero-order valence-electron chi connectivity index (χ0n) is 16.0. The third kappa shape index (κ3) is 7.87. The first-order valence-corrected chi connectivity index (χ1v) is 10.5. The van der Waals surface area contributed by atoms with Crippen molar-refractivity contribution in [2.45, 2.75) is 18.8 Å². The molecule has 12 heteroatoms. The Labute approximate surface area is 174 Å². The smallest absolute Gasteiger partial charge is 0.416 e. The lowest BCUT2D eigenvalue weighted by atomic mass is 10.1. The highest BCUT2D eigenvalue weighted by molar-refractivity contribution is 7.88. The quantitative estimate of drug-likeness (QED) is 0.467. The molecule has 0 radical (unpaired) electrons. The standard InChI is InChI=1S/C19H17F6NO4S/c1-31(28,29)26-7-6-12-2-4-13(5-3-12)17(27)11-30-16-9-14(18(20,21)22)8-15(10-16)19(23,24)25/h2-5,8-10,26H,6-7,11H2,1H3. The van der Waals surface area contributed by atoms with Crippen molar-refractivity contribution in [1.82, 2.24) is 4.72 Å². The Morgan fingerprint density at radius 3 is 1.90 bits per heavy atom. The van der Waals surface area contributed by atoms with Crippen LogP contribution in [0.25, 0.3) is 0 Å². The molecule has 0 aromatic heterocycles. The molecule has 0 aliphatic rings. The second kappa shape index (κ2) is 9.27. The first kappa shape index (κ1) is 24.7. The number of ketones is 1. The number of ether oxygens (including phenoxy) is 1. The van der Waals surface area contributed by atoms with Crippen LogP contribution in [-0.4, -0.2) is 33.6 Å². The van der Waals surface area contributed by atoms with Gasteiger partial charge in [-0.25, -0.2) is 13.1 Å². The van der Waals surface area contributed by atoms with Gasteiger partial charge >= 0.3 is 12.4 Å². The fourth-order valence-corrected chi connectivity index (χ4v) is 2.95. The van der Waals surface area contributed by atoms with Gasteiger partial charge in [0.15, 0.2) is 12.4 Å². The Bertz CT molecular complexity index is 999. The Balaban J connectivity index is 2.06. The summed E-state index contributed by atoms with van der Waals surface area (Å²) >= 11 is 0. The summed E-state index contributed by atoms with van der Waals surface area (Å²) in [4.78, 5) is 12.2. The van der Waals surface area contributed by atoms with Gasteiger partial charge in [0.25, 0.3) is 0 Å². The Kier molecular flexibility index (Phi) is 7.37. The molecule has 1 N–H and O–H groups in total. The lowest BCUT2D eigenvalue weighted by Gasteiger charge is -2.14. The minimum atomic E-state index is -5.02. The fourth-order valence-electron chi connectivity index (χ4n) is 2.48. The van der Waals surface area contributed by atoms with E-state index in [0.29, 0.717) is 24.1 Å². The van der Waals surface area contributed by atoms with E-state index in [1.807, 2.05) is 0 Å². The molecule has 0 aliphatic heterocycles. The van der Waals surface area contributed by atoms with Gasteiger partial charge in [-0.15, -0.1) is 0 Å². The molecule has 0 fully saturated rings. The summed E-state index contributed by atoms with van der Waals surface area (Å²) < 4.78 is 106. The van der Waals surface area contributed by atoms with Crippen molar-refractivity contribution in [3.05, 3.63) is 64.7 Å². The maximum absolute atomic E-state index is 12.9. The van der Waals surface area contributed by atoms with Crippen molar-refractivity contribution in [2.75, 3.05) is 19.4 Å². The zero-order valence-corrected chi connectivity index (χ0v) is 16.8. The normalized spacial score (nSPS) is 12.6. The number of Topliss-reactive ketones (excluding diaryl/α,β-unsaturated/α-hetero) is 1. The van der Waals surface area contributed by atoms with Crippen LogP contribution in [-0.2, 0) is 28.8 Å². The van der Waals surface area contributed by atoms with Crippen LogP contribution in [0.5, 0.6) is 5.75 Å². The van der Waals surface area contributed by atoms with E-state index >= 15 is 0 Å². The molecule has 0 heterocycles. The highest BCUT2D eigenvalue weighted by Crippen LogP contribution is 2.38. The molecule has 0 saturated carbocycles. The number of hydrogen-bond donors (Lipinski definition) is 1. The van der Waals surface area contributed by atoms with Crippen LogP contribution in [0.3, 0.4) is 0 Å². The van der Waals surface area contributed by atoms with Crippen LogP contribution < -0.4 is 9.46 Å². The fraction of sp³-hybridized carbons (Fsp3) is 0.316. The van der Waals surface area contributed by atoms with E-state index in [1.54, 1.807) is 12.1 Å². The van der Waals surface area contributed by atoms with Gasteiger partial charge in [0.05, 0.1) is 17.4 Å². The Hall–Kier alpha value is -2.60. The van der Waals surface area contributed by atoms with Gasteiger partial charge in [-0.3, -0.25) is 4.79 Å². The Morgan fingerprint density at radius 1 is 0.935 bits per heavy atom. The van der Waals surface area contributed by atoms with Crippen LogP contribution in [0, 0.1) is 0 Å². The number of sulfonamides is 1. The molecule has 2 rings (SSSR count). The predicted octanol–water partition coefficient (Wildman–Crippen LogP) is 4.08. The molecule has 2 aromatic rings. The molecule has 2 aromatic carbocycles. The first-order valence-electron chi connectivity index (χ1n) is 8.64. The lowest BCUT2D eigenvalue weighted by Crippen LogP contribution is -2.24. The summed E-state index contributed by atoms with van der Waals surface area (Å²) in [5, 5.41) is 0. The number of nitrogens with one attached hydrogen (secondary N) is 1. The maximum atomic E-state index is 12.9. The monoisotopic (exact) mass is 469 g/mol. The van der Waals surface area contributed by atoms with E-state index in [1.165, 1.54) is 12.1 Å². The number of rotatable bonds is 8. The highest BCUT2D eigenvalue weighted by atomic mass is 32.2. The molecule has 5 nitrogen and oxygen atoms in total. The summed E-state index contributed by atoms with van der Waals surface area (Å²) in [6.45, 7) is -0.625. The van der Waals surface area contributed by atoms with E-state index in [2.05, 4.69) is 4.72 Å². The first-order chi connectivity index (χ1) is 14.1. The van der Waals surface area contributed by atoms with E-state index in [-0.39, 0.29) is 18.2 Å². The molecule has 170 valence electrons. The summed E-state index contributed by atoms with van der Waals surface area (Å²) in [6, 6.07) is 6.63. The molecule has 0 bridgehead atoms. The van der Waals surface area contributed by atoms with E-state index in [4.69, 9.17) is 4.74 Å². The number of carbonyl (C=O) groups excluding carboxylic acids is 1. The van der Waals surface area contributed by atoms with Crippen LogP contribution in [0.2, 0.25) is 0 Å². The molecular formula is C19H17F6NO4S. The minimum absolute atomic E-state index is 0.0357. The van der Waals surface area contributed by atoms with Gasteiger partial charge in [0.2, 0.25) is 10.0 Å². The van der Waals surface area contributed by atoms with Crippen molar-refractivity contribution in [3.63, 3.8) is 0 Å². The maximum Gasteiger partial charge on any atom is 0.416 e. The third-order valence-electron chi connectivity index (χ3n) is 3.98. The summed E-state index contributed by atoms with van der Waals surface area (Å²) in [6.07, 6.45) is -8.68. The predicted molar refractivity (Wildman–Crippen MR) is 99.3 cm³/mol. The topological polar surface area (TPSA) is 72.5 Å². The van der Waals surface area contributed by atoms with Crippen LogP contribution in [0.1, 0.15) is 27.0 Å². The van der Waals surface area contributed by atoms with Crippen LogP contribution >= 0.6 is 0 Å². The second-order valence-corrected chi connectivity index (χ2v) is 8.40. The number of hydrogen-bond acceptors (Lipinski definition) is 4. The van der Waals surface area contributed by atoms with Gasteiger partial charge in [-0.1, -0.05) is 24.3 Å². The average molecular weight is 469 g/mol. The molecule has 0 aliphatic carbocycles. The average Bonchev–Trinajstić information content (AvgIpc) is 2.64. The number of halogens is 6. The molecule has 0 unspecified atom stereocenters. The molecule has 0 atom stereocenters. The molecule has 0 spiro atoms. The second-order valence-electron chi connectivity index (χ2n) is 6.57. The van der Waals surface area contributed by atoms with Crippen molar-refractivity contribution in [2.24, 2.45) is 0 Å². The summed E-state index contributed by atoms with van der Waals surface area (Å²) in [7, 11) is -3.34. The minimum Gasteiger partial charge on any atom is -0.485 e. The van der Waals surface area contributed by atoms with Gasteiger partial charge in [0.1, 0.15) is 5.75 Å². The largest absolute Gasteiger partial charge is 0.485 e. The molecular weight excluding hydrogens is 452 g/mol. The van der Waals surface area contributed by atoms with Crippen LogP contribution in [0.15, 0.2) is 42.5 Å². The van der Waals surface area contributed by atoms with Gasteiger partial charge < -0.3 is 4.74 Å². The molecule has 0 amide bonds. The van der Waals surface area contributed by atoms with Crippen molar-refractivity contribution in [1.29, 1.82) is 0 Å². The third-order valence-corrected chi connectivity index (χ3v) is 4.71. The van der Waals surface area contributed by atoms with E-state index < -0.39 is 51.6 Å². The molecule has 31 heavy (non-hydrogen) atoms. The SMILES string of the molecule is CS(=O)(=O)NCCc1ccc(C(=O)COc2cc(C(F)(F)F)cc(C(F)(F)F)c2)cc1. The zero-order chi connectivity index (χ0) is 23.4. The number of benzene rings is 2. The van der Waals surface area contributed by atoms with Gasteiger partial charge in [-0.2, -0.15) is 26.3 Å². The van der Waals surface area contributed by atoms with Gasteiger partial charge in [-0.05, 0) is 30.2 Å². The number of alkyl halides is 6. The summed E-state index contributed by atoms with van der Waals surface area (Å²) in [5.41, 5.74) is -2.25. The lowest BCUT2D eigenvalue weighted by molar-refractivity contribution is -0.143. The van der Waals surface area contributed by atoms with Gasteiger partial charge in [0, 0.05) is 12.1 Å². The van der Waals surface area contributed by atoms with E-state index in [9.17, 15) is 39.6 Å². The van der Waals surface area contributed by atoms with Crippen molar-refractivity contribution < 1.29 is 44.3 Å². The highest BCUT2D eigenvalue weighted by Gasteiger charge is 2.37. The molecule has 0 saturated heterocycles. The Morgan fingerprint density at radius 2 is 1.45 bits per heavy atom. The van der Waals surface area contributed by atoms with E-state index in [0.717, 1.165) is 6.26 Å². The van der Waals surface area contributed by atoms with Crippen molar-refractivity contribution >= 4 is 15.8 Å². The number of carbonyl (C=O) groups is 1. The summed E-state index contributed by atoms with van der Waals surface area (Å²) in [5.74, 6) is -1.40. The van der Waals surface area contributed by atoms with Crippen LogP contribution in [0.4, 0.5) is 26.3 Å². The van der Waals surface area contributed by atoms with Crippen molar-refractivity contribution in [3.8, 4) is 5.75 Å².